The van der Waals surface area contributed by atoms with Gasteiger partial charge < -0.3 is 26.7 Å². The van der Waals surface area contributed by atoms with Crippen LogP contribution < -0.4 is 16.4 Å². The van der Waals surface area contributed by atoms with Gasteiger partial charge in [-0.2, -0.15) is 0 Å². The Balaban J connectivity index is 2.24. The maximum absolute atomic E-state index is 11.7. The summed E-state index contributed by atoms with van der Waals surface area (Å²) in [6.07, 6.45) is 6.76. The second-order valence-corrected chi connectivity index (χ2v) is 5.85. The van der Waals surface area contributed by atoms with Gasteiger partial charge in [-0.3, -0.25) is 9.79 Å². The van der Waals surface area contributed by atoms with Gasteiger partial charge in [0.2, 0.25) is 5.91 Å². The number of carbonyl (C=O) groups excluding carboxylic acids is 1. The van der Waals surface area contributed by atoms with Gasteiger partial charge >= 0.3 is 0 Å². The van der Waals surface area contributed by atoms with Gasteiger partial charge in [-0.05, 0) is 12.5 Å². The molecule has 130 valence electrons. The minimum Gasteiger partial charge on any atom is -0.391 e. The molecule has 0 fully saturated rings. The normalized spacial score (nSPS) is 21.9. The van der Waals surface area contributed by atoms with E-state index in [1.165, 1.54) is 6.21 Å². The van der Waals surface area contributed by atoms with E-state index in [2.05, 4.69) is 15.6 Å². The molecule has 1 unspecified atom stereocenters. The lowest BCUT2D eigenvalue weighted by molar-refractivity contribution is -0.128. The first-order chi connectivity index (χ1) is 11.5. The summed E-state index contributed by atoms with van der Waals surface area (Å²) in [5.41, 5.74) is 9.91. The average Bonchev–Trinajstić information content (AvgIpc) is 2.60. The van der Waals surface area contributed by atoms with Crippen molar-refractivity contribution in [2.75, 3.05) is 27.2 Å². The zero-order valence-corrected chi connectivity index (χ0v) is 14.5. The van der Waals surface area contributed by atoms with E-state index in [0.717, 1.165) is 35.4 Å². The Morgan fingerprint density at radius 3 is 2.79 bits per heavy atom. The standard InChI is InChI=1S/C17H26N6O/c1-11(24)23-7-6-16(21-3)14(10-23)17(19)22-13-4-5-15(20-2)12(8-13)9-18/h5,8-9,13,18,20-21H,4,6-7,10H2,1-3H3,(H2,19,22). The van der Waals surface area contributed by atoms with Crippen molar-refractivity contribution in [2.24, 2.45) is 10.7 Å². The molecule has 0 radical (unpaired) electrons. The lowest BCUT2D eigenvalue weighted by Crippen LogP contribution is -2.41. The van der Waals surface area contributed by atoms with Crippen LogP contribution >= 0.6 is 0 Å². The van der Waals surface area contributed by atoms with Crippen LogP contribution in [0.25, 0.3) is 0 Å². The molecule has 1 atom stereocenters. The fraction of sp³-hybridized carbons (Fsp3) is 0.471. The molecule has 1 amide bonds. The van der Waals surface area contributed by atoms with Gasteiger partial charge in [0.05, 0.1) is 12.6 Å². The van der Waals surface area contributed by atoms with Crippen molar-refractivity contribution in [3.8, 4) is 0 Å². The van der Waals surface area contributed by atoms with Gasteiger partial charge in [0, 0.05) is 62.7 Å². The minimum atomic E-state index is -0.1000. The van der Waals surface area contributed by atoms with Gasteiger partial charge in [0.25, 0.3) is 0 Å². The Kier molecular flexibility index (Phi) is 5.78. The van der Waals surface area contributed by atoms with E-state index < -0.39 is 0 Å². The number of allylic oxidation sites excluding steroid dienone is 1. The predicted molar refractivity (Wildman–Crippen MR) is 97.0 cm³/mol. The molecule has 0 spiro atoms. The highest BCUT2D eigenvalue weighted by Gasteiger charge is 2.23. The molecule has 2 rings (SSSR count). The Hall–Kier alpha value is -2.57. The number of nitrogens with two attached hydrogens (primary N) is 1. The van der Waals surface area contributed by atoms with Crippen molar-refractivity contribution in [2.45, 2.75) is 25.8 Å². The van der Waals surface area contributed by atoms with Gasteiger partial charge in [0.15, 0.2) is 0 Å². The minimum absolute atomic E-state index is 0.0423. The Bertz CT molecular complexity index is 643. The third kappa shape index (κ3) is 3.84. The Morgan fingerprint density at radius 1 is 1.46 bits per heavy atom. The van der Waals surface area contributed by atoms with Crippen molar-refractivity contribution in [1.82, 2.24) is 15.5 Å². The molecule has 0 saturated heterocycles. The van der Waals surface area contributed by atoms with Crippen LogP contribution in [0.1, 0.15) is 19.8 Å². The van der Waals surface area contributed by atoms with Crippen molar-refractivity contribution in [1.29, 1.82) is 5.41 Å². The van der Waals surface area contributed by atoms with E-state index >= 15 is 0 Å². The first-order valence-corrected chi connectivity index (χ1v) is 8.09. The number of nitrogens with one attached hydrogen (secondary N) is 3. The number of hydrogen-bond acceptors (Lipinski definition) is 5. The third-order valence-electron chi connectivity index (χ3n) is 4.38. The smallest absolute Gasteiger partial charge is 0.219 e. The third-order valence-corrected chi connectivity index (χ3v) is 4.38. The average molecular weight is 330 g/mol. The first-order valence-electron chi connectivity index (χ1n) is 8.09. The molecular weight excluding hydrogens is 304 g/mol. The number of likely N-dealkylation sites (N-methyl/N-ethyl adjacent to an activating group) is 1. The highest BCUT2D eigenvalue weighted by Crippen LogP contribution is 2.20. The van der Waals surface area contributed by atoms with E-state index in [0.29, 0.717) is 18.9 Å². The van der Waals surface area contributed by atoms with Crippen LogP contribution in [0, 0.1) is 5.41 Å². The summed E-state index contributed by atoms with van der Waals surface area (Å²) < 4.78 is 0. The Labute approximate surface area is 142 Å². The fourth-order valence-electron chi connectivity index (χ4n) is 2.98. The van der Waals surface area contributed by atoms with E-state index in [4.69, 9.17) is 11.1 Å². The number of carbonyl (C=O) groups is 1. The van der Waals surface area contributed by atoms with Crippen LogP contribution in [0.15, 0.2) is 39.7 Å². The summed E-state index contributed by atoms with van der Waals surface area (Å²) >= 11 is 0. The van der Waals surface area contributed by atoms with Crippen molar-refractivity contribution in [3.63, 3.8) is 0 Å². The van der Waals surface area contributed by atoms with Crippen molar-refractivity contribution >= 4 is 18.0 Å². The van der Waals surface area contributed by atoms with Crippen LogP contribution in [-0.2, 0) is 4.79 Å². The maximum atomic E-state index is 11.7. The van der Waals surface area contributed by atoms with Crippen molar-refractivity contribution in [3.05, 3.63) is 34.7 Å². The molecular formula is C17H26N6O. The molecule has 0 aromatic rings. The monoisotopic (exact) mass is 330 g/mol. The summed E-state index contributed by atoms with van der Waals surface area (Å²) in [5, 5.41) is 13.8. The quantitative estimate of drug-likeness (QED) is 0.435. The van der Waals surface area contributed by atoms with Crippen LogP contribution in [0.4, 0.5) is 0 Å². The number of aliphatic imine (C=N–C) groups is 1. The van der Waals surface area contributed by atoms with E-state index in [1.54, 1.807) is 11.8 Å². The highest BCUT2D eigenvalue weighted by atomic mass is 16.2. The molecule has 2 aliphatic rings. The number of amides is 1. The zero-order valence-electron chi connectivity index (χ0n) is 14.5. The topological polar surface area (TPSA) is 107 Å². The largest absolute Gasteiger partial charge is 0.391 e. The first kappa shape index (κ1) is 17.8. The number of nitrogens with zero attached hydrogens (tertiary/aromatic N) is 2. The molecule has 7 nitrogen and oxygen atoms in total. The fourth-order valence-corrected chi connectivity index (χ4v) is 2.98. The van der Waals surface area contributed by atoms with E-state index in [9.17, 15) is 4.79 Å². The SMILES string of the molecule is CNC1=CCC(N=C(N)C2=C(NC)CCN(C(C)=O)C2)C=C1C=N. The summed E-state index contributed by atoms with van der Waals surface area (Å²) in [4.78, 5) is 18.1. The van der Waals surface area contributed by atoms with E-state index in [1.807, 2.05) is 26.2 Å². The van der Waals surface area contributed by atoms with Gasteiger partial charge in [-0.25, -0.2) is 0 Å². The van der Waals surface area contributed by atoms with Crippen LogP contribution in [0.5, 0.6) is 0 Å². The highest BCUT2D eigenvalue weighted by molar-refractivity contribution is 5.99. The van der Waals surface area contributed by atoms with Crippen LogP contribution in [0.2, 0.25) is 0 Å². The summed E-state index contributed by atoms with van der Waals surface area (Å²) in [5.74, 6) is 0.498. The summed E-state index contributed by atoms with van der Waals surface area (Å²) in [6, 6.07) is -0.1000. The molecule has 7 heteroatoms. The molecule has 1 aliphatic heterocycles. The summed E-state index contributed by atoms with van der Waals surface area (Å²) in [6.45, 7) is 2.74. The molecule has 1 aliphatic carbocycles. The molecule has 24 heavy (non-hydrogen) atoms. The van der Waals surface area contributed by atoms with Crippen LogP contribution in [-0.4, -0.2) is 56.1 Å². The number of amidine groups is 1. The molecule has 0 saturated carbocycles. The second-order valence-electron chi connectivity index (χ2n) is 5.85. The molecule has 0 bridgehead atoms. The lowest BCUT2D eigenvalue weighted by Gasteiger charge is -2.30. The van der Waals surface area contributed by atoms with Crippen molar-refractivity contribution < 1.29 is 4.79 Å². The van der Waals surface area contributed by atoms with Gasteiger partial charge in [-0.1, -0.05) is 6.08 Å². The lowest BCUT2D eigenvalue weighted by atomic mass is 10.00. The predicted octanol–water partition coefficient (Wildman–Crippen LogP) is 0.521. The molecule has 0 aromatic heterocycles. The number of rotatable bonds is 5. The molecule has 5 N–H and O–H groups in total. The van der Waals surface area contributed by atoms with Gasteiger partial charge in [0.1, 0.15) is 5.84 Å². The summed E-state index contributed by atoms with van der Waals surface area (Å²) in [7, 11) is 3.70. The van der Waals surface area contributed by atoms with Crippen LogP contribution in [0.3, 0.4) is 0 Å². The number of hydrogen-bond donors (Lipinski definition) is 4. The Morgan fingerprint density at radius 2 is 2.21 bits per heavy atom. The maximum Gasteiger partial charge on any atom is 0.219 e. The molecule has 1 heterocycles. The van der Waals surface area contributed by atoms with Gasteiger partial charge in [-0.15, -0.1) is 0 Å². The molecule has 0 aromatic carbocycles. The second kappa shape index (κ2) is 7.81. The van der Waals surface area contributed by atoms with E-state index in [-0.39, 0.29) is 11.9 Å². The zero-order chi connectivity index (χ0) is 17.7.